The number of carbonyl (C=O) groups is 2. The van der Waals surface area contributed by atoms with Crippen molar-refractivity contribution < 1.29 is 32.0 Å². The summed E-state index contributed by atoms with van der Waals surface area (Å²) < 4.78 is 52.2. The quantitative estimate of drug-likeness (QED) is 0.383. The average molecular weight is 489 g/mol. The Morgan fingerprint density at radius 2 is 1.74 bits per heavy atom. The van der Waals surface area contributed by atoms with E-state index in [0.29, 0.717) is 23.7 Å². The van der Waals surface area contributed by atoms with Gasteiger partial charge >= 0.3 is 12.1 Å². The molecule has 1 saturated carbocycles. The van der Waals surface area contributed by atoms with Gasteiger partial charge in [-0.3, -0.25) is 4.79 Å². The van der Waals surface area contributed by atoms with Crippen molar-refractivity contribution >= 4 is 28.6 Å². The number of halogens is 4. The molecule has 0 aliphatic heterocycles. The van der Waals surface area contributed by atoms with E-state index in [-0.39, 0.29) is 24.4 Å². The predicted octanol–water partition coefficient (Wildman–Crippen LogP) is 5.57. The molecule has 1 aliphatic carbocycles. The maximum atomic E-state index is 13.6. The number of rotatable bonds is 4. The molecule has 1 heterocycles. The topological polar surface area (TPSA) is 71.5 Å². The number of hydroxylamine groups is 2. The fraction of sp³-hybridized carbons (Fsp3) is 0.320. The van der Waals surface area contributed by atoms with Crippen molar-refractivity contribution in [2.75, 3.05) is 5.32 Å². The van der Waals surface area contributed by atoms with Crippen LogP contribution in [0.2, 0.25) is 0 Å². The highest BCUT2D eigenvalue weighted by Crippen LogP contribution is 2.29. The summed E-state index contributed by atoms with van der Waals surface area (Å²) in [6.07, 6.45) is -3.74. The minimum Gasteiger partial charge on any atom is -0.367 e. The third kappa shape index (κ3) is 5.70. The molecule has 1 fully saturated rings. The van der Waals surface area contributed by atoms with Gasteiger partial charge < -0.3 is 10.2 Å². The maximum absolute atomic E-state index is 13.6. The van der Waals surface area contributed by atoms with Gasteiger partial charge in [0.15, 0.2) is 0 Å². The Labute approximate surface area is 198 Å². The molecular weight excluding hydrogens is 466 g/mol. The van der Waals surface area contributed by atoms with Crippen LogP contribution in [-0.2, 0) is 9.63 Å². The van der Waals surface area contributed by atoms with Crippen molar-refractivity contribution in [2.45, 2.75) is 50.9 Å². The minimum atomic E-state index is -5.28. The number of aromatic nitrogens is 1. The molecule has 35 heavy (non-hydrogen) atoms. The molecular formula is C25H23F4N3O3. The first-order valence-electron chi connectivity index (χ1n) is 11.1. The summed E-state index contributed by atoms with van der Waals surface area (Å²) in [4.78, 5) is 33.5. The summed E-state index contributed by atoms with van der Waals surface area (Å²) in [5.41, 5.74) is 1.68. The zero-order valence-corrected chi connectivity index (χ0v) is 18.8. The number of pyridine rings is 1. The fourth-order valence-corrected chi connectivity index (χ4v) is 4.26. The number of fused-ring (bicyclic) bond motifs is 1. The van der Waals surface area contributed by atoms with Crippen LogP contribution in [0.4, 0.5) is 23.4 Å². The second-order valence-electron chi connectivity index (χ2n) is 8.51. The molecule has 3 aromatic rings. The number of alkyl halides is 3. The summed E-state index contributed by atoms with van der Waals surface area (Å²) in [5.74, 6) is -3.56. The minimum absolute atomic E-state index is 0.0382. The van der Waals surface area contributed by atoms with Crippen LogP contribution in [0, 0.1) is 12.7 Å². The number of nitrogens with zero attached hydrogens (tertiary/aromatic N) is 2. The lowest BCUT2D eigenvalue weighted by molar-refractivity contribution is -0.235. The largest absolute Gasteiger partial charge is 0.493 e. The molecule has 4 rings (SSSR count). The summed E-state index contributed by atoms with van der Waals surface area (Å²) >= 11 is 0. The van der Waals surface area contributed by atoms with Crippen LogP contribution in [0.15, 0.2) is 54.6 Å². The number of nitrogens with one attached hydrogen (secondary N) is 1. The van der Waals surface area contributed by atoms with Crippen LogP contribution < -0.4 is 5.32 Å². The van der Waals surface area contributed by atoms with Crippen LogP contribution in [0.25, 0.3) is 10.9 Å². The van der Waals surface area contributed by atoms with Gasteiger partial charge in [0.25, 0.3) is 5.91 Å². The summed E-state index contributed by atoms with van der Waals surface area (Å²) in [6, 6.07) is 13.3. The van der Waals surface area contributed by atoms with Crippen molar-refractivity contribution in [1.29, 1.82) is 0 Å². The second kappa shape index (κ2) is 9.89. The van der Waals surface area contributed by atoms with Gasteiger partial charge in [-0.05, 0) is 68.5 Å². The molecule has 0 radical (unpaired) electrons. The molecule has 0 saturated heterocycles. The van der Waals surface area contributed by atoms with Crippen LogP contribution >= 0.6 is 0 Å². The smallest absolute Gasteiger partial charge is 0.367 e. The first kappa shape index (κ1) is 24.4. The standard InChI is InChI=1S/C25H23F4N3O3/c1-15-13-22(31-21-8-3-2-7-20(15)21)30-18-9-11-19(12-10-18)32(35-24(34)25(27,28)29)23(33)16-5-4-6-17(26)14-16/h2-8,13-14,18-19H,9-12H2,1H3,(H,30,31). The lowest BCUT2D eigenvalue weighted by Gasteiger charge is -2.35. The van der Waals surface area contributed by atoms with Crippen molar-refractivity contribution in [3.05, 3.63) is 71.5 Å². The second-order valence-corrected chi connectivity index (χ2v) is 8.51. The number of anilines is 1. The molecule has 1 aromatic heterocycles. The van der Waals surface area contributed by atoms with E-state index < -0.39 is 29.9 Å². The van der Waals surface area contributed by atoms with E-state index >= 15 is 0 Å². The Morgan fingerprint density at radius 1 is 1.03 bits per heavy atom. The Bertz CT molecular complexity index is 1240. The molecule has 1 N–H and O–H groups in total. The molecule has 1 amide bonds. The zero-order valence-electron chi connectivity index (χ0n) is 18.8. The van der Waals surface area contributed by atoms with Gasteiger partial charge in [0.1, 0.15) is 11.6 Å². The average Bonchev–Trinajstić information content (AvgIpc) is 2.82. The lowest BCUT2D eigenvalue weighted by atomic mass is 9.90. The molecule has 2 aromatic carbocycles. The number of aryl methyl sites for hydroxylation is 1. The van der Waals surface area contributed by atoms with E-state index in [1.165, 1.54) is 12.1 Å². The monoisotopic (exact) mass is 489 g/mol. The Hall–Kier alpha value is -3.69. The van der Waals surface area contributed by atoms with Gasteiger partial charge in [-0.1, -0.05) is 24.3 Å². The summed E-state index contributed by atoms with van der Waals surface area (Å²) in [6.45, 7) is 1.98. The molecule has 0 spiro atoms. The number of benzene rings is 2. The van der Waals surface area contributed by atoms with Crippen molar-refractivity contribution in [2.24, 2.45) is 0 Å². The van der Waals surface area contributed by atoms with Crippen molar-refractivity contribution in [3.8, 4) is 0 Å². The van der Waals surface area contributed by atoms with Gasteiger partial charge in [0.2, 0.25) is 0 Å². The van der Waals surface area contributed by atoms with Gasteiger partial charge in [0.05, 0.1) is 11.6 Å². The molecule has 6 nitrogen and oxygen atoms in total. The lowest BCUT2D eigenvalue weighted by Crippen LogP contribution is -2.47. The Balaban J connectivity index is 1.47. The Morgan fingerprint density at radius 3 is 2.43 bits per heavy atom. The fourth-order valence-electron chi connectivity index (χ4n) is 4.26. The van der Waals surface area contributed by atoms with Crippen molar-refractivity contribution in [3.63, 3.8) is 0 Å². The number of hydrogen-bond donors (Lipinski definition) is 1. The first-order valence-corrected chi connectivity index (χ1v) is 11.1. The molecule has 1 aliphatic rings. The Kier molecular flexibility index (Phi) is 6.90. The molecule has 0 bridgehead atoms. The first-order chi connectivity index (χ1) is 16.6. The third-order valence-electron chi connectivity index (χ3n) is 5.99. The van der Waals surface area contributed by atoms with E-state index in [1.807, 2.05) is 37.3 Å². The highest BCUT2D eigenvalue weighted by Gasteiger charge is 2.45. The van der Waals surface area contributed by atoms with Gasteiger partial charge in [-0.15, -0.1) is 0 Å². The van der Waals surface area contributed by atoms with E-state index in [4.69, 9.17) is 0 Å². The van der Waals surface area contributed by atoms with Crippen LogP contribution in [-0.4, -0.2) is 40.2 Å². The number of hydrogen-bond acceptors (Lipinski definition) is 5. The summed E-state index contributed by atoms with van der Waals surface area (Å²) in [7, 11) is 0. The van der Waals surface area contributed by atoms with Gasteiger partial charge in [0, 0.05) is 17.0 Å². The molecule has 0 unspecified atom stereocenters. The van der Waals surface area contributed by atoms with E-state index in [9.17, 15) is 27.2 Å². The molecule has 184 valence electrons. The van der Waals surface area contributed by atoms with Crippen molar-refractivity contribution in [1.82, 2.24) is 10.0 Å². The summed E-state index contributed by atoms with van der Waals surface area (Å²) in [5, 5.41) is 4.84. The predicted molar refractivity (Wildman–Crippen MR) is 121 cm³/mol. The number of para-hydroxylation sites is 1. The van der Waals surface area contributed by atoms with E-state index in [0.717, 1.165) is 28.6 Å². The molecule has 0 atom stereocenters. The third-order valence-corrected chi connectivity index (χ3v) is 5.99. The molecule has 10 heteroatoms. The highest BCUT2D eigenvalue weighted by molar-refractivity contribution is 5.94. The number of amides is 1. The SMILES string of the molecule is Cc1cc(NC2CCC(N(OC(=O)C(F)(F)F)C(=O)c3cccc(F)c3)CC2)nc2ccccc12. The zero-order chi connectivity index (χ0) is 25.2. The number of carbonyl (C=O) groups excluding carboxylic acids is 2. The van der Waals surface area contributed by atoms with Gasteiger partial charge in [-0.25, -0.2) is 14.2 Å². The van der Waals surface area contributed by atoms with Gasteiger partial charge in [-0.2, -0.15) is 18.2 Å². The highest BCUT2D eigenvalue weighted by atomic mass is 19.4. The normalized spacial score (nSPS) is 18.2. The van der Waals surface area contributed by atoms with E-state index in [2.05, 4.69) is 15.1 Å². The van der Waals surface area contributed by atoms with Crippen LogP contribution in [0.1, 0.15) is 41.6 Å². The van der Waals surface area contributed by atoms with Crippen LogP contribution in [0.5, 0.6) is 0 Å². The maximum Gasteiger partial charge on any atom is 0.493 e. The van der Waals surface area contributed by atoms with Crippen LogP contribution in [0.3, 0.4) is 0 Å². The van der Waals surface area contributed by atoms with E-state index in [1.54, 1.807) is 0 Å².